The van der Waals surface area contributed by atoms with Crippen molar-refractivity contribution in [1.82, 2.24) is 10.3 Å². The third kappa shape index (κ3) is 2.84. The summed E-state index contributed by atoms with van der Waals surface area (Å²) in [4.78, 5) is 15.8. The Morgan fingerprint density at radius 1 is 1.43 bits per heavy atom. The number of halogens is 1. The van der Waals surface area contributed by atoms with Gasteiger partial charge in [-0.2, -0.15) is 0 Å². The van der Waals surface area contributed by atoms with E-state index in [1.165, 1.54) is 7.11 Å². The lowest BCUT2D eigenvalue weighted by Crippen LogP contribution is -2.52. The van der Waals surface area contributed by atoms with Crippen LogP contribution in [-0.2, 0) is 19.9 Å². The van der Waals surface area contributed by atoms with E-state index in [9.17, 15) is 4.79 Å². The molecule has 21 heavy (non-hydrogen) atoms. The second-order valence-electron chi connectivity index (χ2n) is 6.01. The van der Waals surface area contributed by atoms with Crippen molar-refractivity contribution in [1.29, 1.82) is 0 Å². The maximum Gasteiger partial charge on any atom is 0.331 e. The molecule has 0 radical (unpaired) electrons. The second kappa shape index (κ2) is 5.66. The summed E-state index contributed by atoms with van der Waals surface area (Å²) in [5.74, 6) is -0.341. The summed E-state index contributed by atoms with van der Waals surface area (Å²) in [6.07, 6.45) is 4.78. The molecule has 1 aromatic heterocycles. The Hall–Kier alpha value is -0.980. The lowest BCUT2D eigenvalue weighted by molar-refractivity contribution is -0.154. The molecule has 2 heterocycles. The molecule has 2 fully saturated rings. The highest BCUT2D eigenvalue weighted by Gasteiger charge is 2.53. The highest BCUT2D eigenvalue weighted by Crippen LogP contribution is 2.53. The fourth-order valence-electron chi connectivity index (χ4n) is 3.38. The summed E-state index contributed by atoms with van der Waals surface area (Å²) < 4.78 is 11.5. The number of carbonyl (C=O) groups excluding carboxylic acids is 1. The van der Waals surface area contributed by atoms with Gasteiger partial charge in [0.15, 0.2) is 0 Å². The highest BCUT2D eigenvalue weighted by atomic mass is 79.9. The van der Waals surface area contributed by atoms with Crippen LogP contribution in [0, 0.1) is 5.41 Å². The molecule has 1 spiro atoms. The van der Waals surface area contributed by atoms with Crippen molar-refractivity contribution in [3.8, 4) is 0 Å². The van der Waals surface area contributed by atoms with Crippen LogP contribution in [0.4, 0.5) is 0 Å². The van der Waals surface area contributed by atoms with Crippen LogP contribution in [0.1, 0.15) is 24.8 Å². The van der Waals surface area contributed by atoms with Crippen LogP contribution in [0.2, 0.25) is 0 Å². The number of carbonyl (C=O) groups is 1. The van der Waals surface area contributed by atoms with E-state index in [4.69, 9.17) is 9.47 Å². The molecule has 1 N–H and O–H groups in total. The average Bonchev–Trinajstić information content (AvgIpc) is 2.87. The van der Waals surface area contributed by atoms with Crippen LogP contribution in [0.15, 0.2) is 22.9 Å². The van der Waals surface area contributed by atoms with Gasteiger partial charge in [-0.15, -0.1) is 0 Å². The van der Waals surface area contributed by atoms with Crippen LogP contribution in [-0.4, -0.2) is 37.8 Å². The molecule has 1 aliphatic heterocycles. The number of hydrogen-bond donors (Lipinski definition) is 1. The molecule has 1 aliphatic carbocycles. The first kappa shape index (κ1) is 14.9. The number of pyridine rings is 1. The van der Waals surface area contributed by atoms with E-state index in [0.29, 0.717) is 5.41 Å². The minimum absolute atomic E-state index is 0.0178. The van der Waals surface area contributed by atoms with E-state index in [-0.39, 0.29) is 12.6 Å². The van der Waals surface area contributed by atoms with Crippen LogP contribution in [0.5, 0.6) is 0 Å². The first-order valence-electron chi connectivity index (χ1n) is 7.11. The smallest absolute Gasteiger partial charge is 0.331 e. The van der Waals surface area contributed by atoms with Crippen molar-refractivity contribution in [2.75, 3.05) is 26.8 Å². The summed E-state index contributed by atoms with van der Waals surface area (Å²) >= 11 is 3.36. The number of ether oxygens (including phenoxy) is 2. The van der Waals surface area contributed by atoms with Crippen molar-refractivity contribution in [3.05, 3.63) is 28.5 Å². The van der Waals surface area contributed by atoms with Crippen LogP contribution < -0.4 is 5.32 Å². The first-order valence-corrected chi connectivity index (χ1v) is 7.90. The number of esters is 1. The van der Waals surface area contributed by atoms with Gasteiger partial charge in [0.05, 0.1) is 12.7 Å². The molecule has 1 saturated heterocycles. The molecule has 0 aromatic carbocycles. The van der Waals surface area contributed by atoms with Gasteiger partial charge >= 0.3 is 5.97 Å². The number of nitrogens with one attached hydrogen (secondary N) is 1. The van der Waals surface area contributed by atoms with Crippen LogP contribution in [0.3, 0.4) is 0 Å². The molecule has 0 amide bonds. The van der Waals surface area contributed by atoms with Gasteiger partial charge in [-0.25, -0.2) is 9.78 Å². The maximum atomic E-state index is 11.5. The zero-order chi connectivity index (χ0) is 14.9. The molecule has 1 atom stereocenters. The molecule has 1 unspecified atom stereocenters. The van der Waals surface area contributed by atoms with E-state index in [2.05, 4.69) is 26.2 Å². The van der Waals surface area contributed by atoms with Gasteiger partial charge in [-0.05, 0) is 46.7 Å². The molecule has 1 aromatic rings. The van der Waals surface area contributed by atoms with Crippen molar-refractivity contribution in [2.24, 2.45) is 5.41 Å². The molecule has 3 rings (SSSR count). The summed E-state index contributed by atoms with van der Waals surface area (Å²) in [5, 5.41) is 3.35. The number of nitrogens with zero attached hydrogens (tertiary/aromatic N) is 1. The van der Waals surface area contributed by atoms with Crippen molar-refractivity contribution in [2.45, 2.75) is 24.9 Å². The Labute approximate surface area is 132 Å². The Morgan fingerprint density at radius 3 is 2.76 bits per heavy atom. The zero-order valence-electron chi connectivity index (χ0n) is 12.0. The standard InChI is InChI=1S/C15H19BrN2O3/c1-20-13(19)7-21-15(11-2-3-12(16)18-6-11)5-4-14(8-15)9-17-10-14/h2-3,6,17H,4-5,7-10H2,1H3. The molecule has 1 saturated carbocycles. The number of aromatic nitrogens is 1. The molecule has 0 bridgehead atoms. The van der Waals surface area contributed by atoms with Gasteiger partial charge in [0.2, 0.25) is 0 Å². The highest BCUT2D eigenvalue weighted by molar-refractivity contribution is 9.10. The molecule has 2 aliphatic rings. The Bertz CT molecular complexity index is 530. The lowest BCUT2D eigenvalue weighted by atomic mass is 9.78. The van der Waals surface area contributed by atoms with Gasteiger partial charge in [-0.1, -0.05) is 6.07 Å². The molecule has 6 heteroatoms. The molecular formula is C15H19BrN2O3. The van der Waals surface area contributed by atoms with Gasteiger partial charge in [0.1, 0.15) is 11.2 Å². The van der Waals surface area contributed by atoms with E-state index < -0.39 is 5.60 Å². The van der Waals surface area contributed by atoms with Crippen molar-refractivity contribution in [3.63, 3.8) is 0 Å². The van der Waals surface area contributed by atoms with Gasteiger partial charge in [0, 0.05) is 24.8 Å². The predicted molar refractivity (Wildman–Crippen MR) is 80.7 cm³/mol. The van der Waals surface area contributed by atoms with E-state index >= 15 is 0 Å². The van der Waals surface area contributed by atoms with Crippen molar-refractivity contribution >= 4 is 21.9 Å². The lowest BCUT2D eigenvalue weighted by Gasteiger charge is -2.41. The van der Waals surface area contributed by atoms with Gasteiger partial charge < -0.3 is 14.8 Å². The fourth-order valence-corrected chi connectivity index (χ4v) is 3.62. The van der Waals surface area contributed by atoms with Crippen LogP contribution >= 0.6 is 15.9 Å². The van der Waals surface area contributed by atoms with Gasteiger partial charge in [0.25, 0.3) is 0 Å². The third-order valence-electron chi connectivity index (χ3n) is 4.67. The zero-order valence-corrected chi connectivity index (χ0v) is 13.6. The number of hydrogen-bond acceptors (Lipinski definition) is 5. The Morgan fingerprint density at radius 2 is 2.24 bits per heavy atom. The minimum atomic E-state index is -0.427. The Balaban J connectivity index is 1.84. The van der Waals surface area contributed by atoms with Crippen molar-refractivity contribution < 1.29 is 14.3 Å². The topological polar surface area (TPSA) is 60.5 Å². The minimum Gasteiger partial charge on any atom is -0.467 e. The molecule has 114 valence electrons. The molecular weight excluding hydrogens is 336 g/mol. The molecule has 5 nitrogen and oxygen atoms in total. The van der Waals surface area contributed by atoms with E-state index in [1.54, 1.807) is 0 Å². The van der Waals surface area contributed by atoms with E-state index in [1.807, 2.05) is 18.3 Å². The van der Waals surface area contributed by atoms with Gasteiger partial charge in [-0.3, -0.25) is 0 Å². The summed E-state index contributed by atoms with van der Waals surface area (Å²) in [6.45, 7) is 2.04. The summed E-state index contributed by atoms with van der Waals surface area (Å²) in [5.41, 5.74) is 0.922. The quantitative estimate of drug-likeness (QED) is 0.661. The SMILES string of the molecule is COC(=O)COC1(c2ccc(Br)nc2)CCC2(CNC2)C1. The Kier molecular flexibility index (Phi) is 4.03. The maximum absolute atomic E-state index is 11.5. The first-order chi connectivity index (χ1) is 10.1. The monoisotopic (exact) mass is 354 g/mol. The fraction of sp³-hybridized carbons (Fsp3) is 0.600. The number of methoxy groups -OCH3 is 1. The normalized spacial score (nSPS) is 26.6. The number of rotatable bonds is 4. The van der Waals surface area contributed by atoms with E-state index in [0.717, 1.165) is 42.5 Å². The predicted octanol–water partition coefficient (Wildman–Crippen LogP) is 2.00. The third-order valence-corrected chi connectivity index (χ3v) is 5.14. The average molecular weight is 355 g/mol. The second-order valence-corrected chi connectivity index (χ2v) is 6.82. The largest absolute Gasteiger partial charge is 0.467 e. The summed E-state index contributed by atoms with van der Waals surface area (Å²) in [7, 11) is 1.38. The summed E-state index contributed by atoms with van der Waals surface area (Å²) in [6, 6.07) is 3.95. The van der Waals surface area contributed by atoms with Crippen LogP contribution in [0.25, 0.3) is 0 Å².